The molecule has 2 rings (SSSR count). The molecule has 1 unspecified atom stereocenters. The van der Waals surface area contributed by atoms with E-state index in [4.69, 9.17) is 0 Å². The Morgan fingerprint density at radius 3 is 2.70 bits per heavy atom. The van der Waals surface area contributed by atoms with E-state index in [9.17, 15) is 4.79 Å². The van der Waals surface area contributed by atoms with Gasteiger partial charge in [0.25, 0.3) is 5.91 Å². The maximum atomic E-state index is 12.1. The zero-order valence-corrected chi connectivity index (χ0v) is 15.8. The number of thiophene rings is 2. The second-order valence-electron chi connectivity index (χ2n) is 4.48. The highest BCUT2D eigenvalue weighted by Gasteiger charge is 2.17. The van der Waals surface area contributed by atoms with Crippen molar-refractivity contribution >= 4 is 60.4 Å². The smallest absolute Gasteiger partial charge is 0.261 e. The molecular formula is C13H14Br2N2OS2. The van der Waals surface area contributed by atoms with E-state index in [-0.39, 0.29) is 11.9 Å². The third kappa shape index (κ3) is 3.92. The second-order valence-corrected chi connectivity index (χ2v) is 8.48. The normalized spacial score (nSPS) is 12.7. The van der Waals surface area contributed by atoms with Gasteiger partial charge in [-0.15, -0.1) is 11.3 Å². The summed E-state index contributed by atoms with van der Waals surface area (Å²) in [7, 11) is 4.04. The molecule has 1 atom stereocenters. The summed E-state index contributed by atoms with van der Waals surface area (Å²) >= 11 is 9.90. The fraction of sp³-hybridized carbons (Fsp3) is 0.308. The number of nitrogens with one attached hydrogen (secondary N) is 1. The maximum Gasteiger partial charge on any atom is 0.261 e. The van der Waals surface area contributed by atoms with Crippen molar-refractivity contribution in [3.05, 3.63) is 41.6 Å². The fourth-order valence-corrected chi connectivity index (χ4v) is 4.46. The van der Waals surface area contributed by atoms with E-state index in [1.807, 2.05) is 20.2 Å². The molecule has 2 aromatic heterocycles. The molecule has 2 heterocycles. The van der Waals surface area contributed by atoms with Crippen molar-refractivity contribution in [3.63, 3.8) is 0 Å². The first-order valence-corrected chi connectivity index (χ1v) is 9.25. The summed E-state index contributed by atoms with van der Waals surface area (Å²) in [5.41, 5.74) is 1.23. The van der Waals surface area contributed by atoms with Crippen LogP contribution in [0.15, 0.2) is 31.2 Å². The molecule has 3 nitrogen and oxygen atoms in total. The Morgan fingerprint density at radius 2 is 2.20 bits per heavy atom. The van der Waals surface area contributed by atoms with Gasteiger partial charge in [0.2, 0.25) is 0 Å². The molecule has 0 aliphatic rings. The SMILES string of the molecule is CN(C)C(CNC(=O)c1cc(Br)c(Br)s1)c1ccsc1. The van der Waals surface area contributed by atoms with Crippen LogP contribution in [0.1, 0.15) is 21.3 Å². The lowest BCUT2D eigenvalue weighted by molar-refractivity contribution is 0.0946. The first-order chi connectivity index (χ1) is 9.49. The Bertz CT molecular complexity index is 562. The zero-order valence-electron chi connectivity index (χ0n) is 11.0. The quantitative estimate of drug-likeness (QED) is 0.753. The van der Waals surface area contributed by atoms with Gasteiger partial charge in [-0.2, -0.15) is 11.3 Å². The topological polar surface area (TPSA) is 32.3 Å². The van der Waals surface area contributed by atoms with E-state index in [1.165, 1.54) is 16.9 Å². The average Bonchev–Trinajstić information content (AvgIpc) is 3.00. The van der Waals surface area contributed by atoms with Crippen LogP contribution >= 0.6 is 54.5 Å². The van der Waals surface area contributed by atoms with Crippen molar-refractivity contribution in [3.8, 4) is 0 Å². The molecule has 1 N–H and O–H groups in total. The summed E-state index contributed by atoms with van der Waals surface area (Å²) in [4.78, 5) is 15.0. The molecule has 0 saturated carbocycles. The highest BCUT2D eigenvalue weighted by molar-refractivity contribution is 9.13. The van der Waals surface area contributed by atoms with Crippen molar-refractivity contribution in [2.24, 2.45) is 0 Å². The predicted octanol–water partition coefficient (Wildman–Crippen LogP) is 4.37. The van der Waals surface area contributed by atoms with Crippen LogP contribution in [-0.4, -0.2) is 31.4 Å². The third-order valence-electron chi connectivity index (χ3n) is 2.88. The number of hydrogen-bond donors (Lipinski definition) is 1. The predicted molar refractivity (Wildman–Crippen MR) is 92.8 cm³/mol. The van der Waals surface area contributed by atoms with Crippen LogP contribution in [0.4, 0.5) is 0 Å². The third-order valence-corrected chi connectivity index (χ3v) is 6.83. The molecule has 1 amide bonds. The van der Waals surface area contributed by atoms with Crippen LogP contribution < -0.4 is 5.32 Å². The Morgan fingerprint density at radius 1 is 1.45 bits per heavy atom. The average molecular weight is 438 g/mol. The van der Waals surface area contributed by atoms with E-state index in [2.05, 4.69) is 58.9 Å². The van der Waals surface area contributed by atoms with Gasteiger partial charge in [0.15, 0.2) is 0 Å². The summed E-state index contributed by atoms with van der Waals surface area (Å²) in [6.45, 7) is 0.593. The van der Waals surface area contributed by atoms with Gasteiger partial charge in [-0.25, -0.2) is 0 Å². The molecule has 0 radical (unpaired) electrons. The van der Waals surface area contributed by atoms with Crippen LogP contribution in [-0.2, 0) is 0 Å². The largest absolute Gasteiger partial charge is 0.349 e. The van der Waals surface area contributed by atoms with Gasteiger partial charge in [0.05, 0.1) is 14.7 Å². The van der Waals surface area contributed by atoms with Crippen molar-refractivity contribution in [2.75, 3.05) is 20.6 Å². The Kier molecular flexibility index (Phi) is 5.80. The first-order valence-electron chi connectivity index (χ1n) is 5.90. The molecule has 7 heteroatoms. The number of amides is 1. The van der Waals surface area contributed by atoms with E-state index in [1.54, 1.807) is 11.3 Å². The van der Waals surface area contributed by atoms with E-state index >= 15 is 0 Å². The lowest BCUT2D eigenvalue weighted by Crippen LogP contribution is -2.34. The van der Waals surface area contributed by atoms with Crippen LogP contribution in [0.2, 0.25) is 0 Å². The summed E-state index contributed by atoms with van der Waals surface area (Å²) in [5, 5.41) is 7.18. The highest BCUT2D eigenvalue weighted by atomic mass is 79.9. The molecule has 0 saturated heterocycles. The standard InChI is InChI=1S/C13H14Br2N2OS2/c1-17(2)10(8-3-4-19-7-8)6-16-13(18)11-5-9(14)12(15)20-11/h3-5,7,10H,6H2,1-2H3,(H,16,18). The Balaban J connectivity index is 2.01. The number of nitrogens with zero attached hydrogens (tertiary/aromatic N) is 1. The van der Waals surface area contributed by atoms with Crippen molar-refractivity contribution in [1.82, 2.24) is 10.2 Å². The van der Waals surface area contributed by atoms with Gasteiger partial charge >= 0.3 is 0 Å². The molecule has 20 heavy (non-hydrogen) atoms. The number of halogens is 2. The van der Waals surface area contributed by atoms with Gasteiger partial charge < -0.3 is 10.2 Å². The maximum absolute atomic E-state index is 12.1. The molecule has 0 fully saturated rings. The minimum absolute atomic E-state index is 0.0384. The number of carbonyl (C=O) groups excluding carboxylic acids is 1. The molecule has 0 aliphatic carbocycles. The Hall–Kier alpha value is -0.210. The lowest BCUT2D eigenvalue weighted by Gasteiger charge is -2.23. The fourth-order valence-electron chi connectivity index (χ4n) is 1.80. The van der Waals surface area contributed by atoms with Gasteiger partial charge in [-0.05, 0) is 74.4 Å². The molecular weight excluding hydrogens is 424 g/mol. The summed E-state index contributed by atoms with van der Waals surface area (Å²) in [5.74, 6) is -0.0384. The minimum atomic E-state index is -0.0384. The van der Waals surface area contributed by atoms with Crippen LogP contribution in [0.3, 0.4) is 0 Å². The number of rotatable bonds is 5. The molecule has 2 aromatic rings. The van der Waals surface area contributed by atoms with E-state index in [0.29, 0.717) is 11.4 Å². The molecule has 0 aliphatic heterocycles. The van der Waals surface area contributed by atoms with Crippen molar-refractivity contribution in [2.45, 2.75) is 6.04 Å². The number of hydrogen-bond acceptors (Lipinski definition) is 4. The van der Waals surface area contributed by atoms with Gasteiger partial charge in [-0.3, -0.25) is 4.79 Å². The first kappa shape index (κ1) is 16.2. The summed E-state index contributed by atoms with van der Waals surface area (Å²) in [6, 6.07) is 4.12. The minimum Gasteiger partial charge on any atom is -0.349 e. The number of likely N-dealkylation sites (N-methyl/N-ethyl adjacent to an activating group) is 1. The van der Waals surface area contributed by atoms with Crippen molar-refractivity contribution in [1.29, 1.82) is 0 Å². The highest BCUT2D eigenvalue weighted by Crippen LogP contribution is 2.32. The van der Waals surface area contributed by atoms with Crippen LogP contribution in [0.25, 0.3) is 0 Å². The Labute approximate surface area is 143 Å². The zero-order chi connectivity index (χ0) is 14.7. The monoisotopic (exact) mass is 436 g/mol. The van der Waals surface area contributed by atoms with Gasteiger partial charge in [0.1, 0.15) is 0 Å². The summed E-state index contributed by atoms with van der Waals surface area (Å²) in [6.07, 6.45) is 0. The van der Waals surface area contributed by atoms with E-state index in [0.717, 1.165) is 8.26 Å². The molecule has 108 valence electrons. The lowest BCUT2D eigenvalue weighted by atomic mass is 10.1. The van der Waals surface area contributed by atoms with E-state index < -0.39 is 0 Å². The van der Waals surface area contributed by atoms with Gasteiger partial charge in [-0.1, -0.05) is 0 Å². The van der Waals surface area contributed by atoms with Crippen molar-refractivity contribution < 1.29 is 4.79 Å². The number of carbonyl (C=O) groups is 1. The summed E-state index contributed by atoms with van der Waals surface area (Å²) < 4.78 is 1.85. The van der Waals surface area contributed by atoms with Crippen LogP contribution in [0.5, 0.6) is 0 Å². The van der Waals surface area contributed by atoms with Gasteiger partial charge in [0, 0.05) is 11.0 Å². The van der Waals surface area contributed by atoms with Crippen LogP contribution in [0, 0.1) is 0 Å². The second kappa shape index (κ2) is 7.17. The molecule has 0 spiro atoms. The molecule has 0 bridgehead atoms. The molecule has 0 aromatic carbocycles.